The quantitative estimate of drug-likeness (QED) is 0.475. The largest absolute Gasteiger partial charge is 0.294 e. The summed E-state index contributed by atoms with van der Waals surface area (Å²) in [7, 11) is 0. The molecule has 0 amide bonds. The molecule has 128 valence electrons. The van der Waals surface area contributed by atoms with Crippen LogP contribution in [0.3, 0.4) is 0 Å². The third-order valence-electron chi connectivity index (χ3n) is 4.22. The number of hydrogen-bond acceptors (Lipinski definition) is 4. The molecule has 4 rings (SSSR count). The van der Waals surface area contributed by atoms with Crippen molar-refractivity contribution in [2.24, 2.45) is 0 Å². The molecule has 0 N–H and O–H groups in total. The molecule has 4 nitrogen and oxygen atoms in total. The molecule has 0 aliphatic heterocycles. The van der Waals surface area contributed by atoms with Crippen molar-refractivity contribution in [3.05, 3.63) is 82.9 Å². The van der Waals surface area contributed by atoms with Crippen LogP contribution in [0.1, 0.15) is 23.0 Å². The zero-order valence-corrected chi connectivity index (χ0v) is 15.1. The van der Waals surface area contributed by atoms with Gasteiger partial charge in [-0.3, -0.25) is 9.48 Å². The number of nitrogens with zero attached hydrogens (tertiary/aromatic N) is 3. The highest BCUT2D eigenvalue weighted by Crippen LogP contribution is 2.28. The van der Waals surface area contributed by atoms with E-state index in [1.807, 2.05) is 70.3 Å². The number of hydrogen-bond donors (Lipinski definition) is 0. The summed E-state index contributed by atoms with van der Waals surface area (Å²) in [5.74, 6) is 0.0681. The Bertz CT molecular complexity index is 1050. The smallest absolute Gasteiger partial charge is 0.160 e. The molecule has 0 aliphatic rings. The van der Waals surface area contributed by atoms with E-state index in [-0.39, 0.29) is 5.78 Å². The van der Waals surface area contributed by atoms with Crippen LogP contribution in [-0.4, -0.2) is 20.5 Å². The molecule has 0 atom stereocenters. The third-order valence-corrected chi connectivity index (χ3v) is 4.86. The molecule has 0 unspecified atom stereocenters. The zero-order chi connectivity index (χ0) is 17.9. The lowest BCUT2D eigenvalue weighted by atomic mass is 9.96. The molecule has 0 radical (unpaired) electrons. The Kier molecular flexibility index (Phi) is 4.46. The molecule has 0 bridgehead atoms. The topological polar surface area (TPSA) is 47.8 Å². The molecule has 2 heterocycles. The average Bonchev–Trinajstić information content (AvgIpc) is 3.34. The standard InChI is InChI=1S/C21H17N3OS/c1-15(25)19-7-2-3-8-20(19)16-5-4-6-17(11-16)21-9-10-24(23-21)12-18-13-26-14-22-18/h2-11,13-14H,12H2,1H3. The molecule has 2 aromatic carbocycles. The summed E-state index contributed by atoms with van der Waals surface area (Å²) in [5.41, 5.74) is 7.47. The Hall–Kier alpha value is -3.05. The minimum Gasteiger partial charge on any atom is -0.294 e. The predicted octanol–water partition coefficient (Wildman–Crippen LogP) is 4.92. The Balaban J connectivity index is 1.67. The minimum absolute atomic E-state index is 0.0681. The molecular formula is C21H17N3OS. The lowest BCUT2D eigenvalue weighted by Gasteiger charge is -2.08. The normalized spacial score (nSPS) is 10.8. The Morgan fingerprint density at radius 1 is 1.08 bits per heavy atom. The molecule has 26 heavy (non-hydrogen) atoms. The molecular weight excluding hydrogens is 342 g/mol. The first-order chi connectivity index (χ1) is 12.7. The maximum Gasteiger partial charge on any atom is 0.160 e. The summed E-state index contributed by atoms with van der Waals surface area (Å²) in [6.07, 6.45) is 1.96. The highest BCUT2D eigenvalue weighted by Gasteiger charge is 2.10. The van der Waals surface area contributed by atoms with Crippen LogP contribution >= 0.6 is 11.3 Å². The summed E-state index contributed by atoms with van der Waals surface area (Å²) in [5, 5.41) is 6.69. The van der Waals surface area contributed by atoms with Gasteiger partial charge in [0, 0.05) is 22.7 Å². The Morgan fingerprint density at radius 2 is 1.92 bits per heavy atom. The summed E-state index contributed by atoms with van der Waals surface area (Å²) >= 11 is 1.59. The predicted molar refractivity (Wildman–Crippen MR) is 104 cm³/mol. The lowest BCUT2D eigenvalue weighted by molar-refractivity contribution is 0.101. The number of thiazole rings is 1. The van der Waals surface area contributed by atoms with E-state index in [9.17, 15) is 4.79 Å². The summed E-state index contributed by atoms with van der Waals surface area (Å²) in [4.78, 5) is 16.2. The summed E-state index contributed by atoms with van der Waals surface area (Å²) in [6, 6.07) is 17.8. The minimum atomic E-state index is 0.0681. The SMILES string of the molecule is CC(=O)c1ccccc1-c1cccc(-c2ccn(Cc3cscn3)n2)c1. The number of aromatic nitrogens is 3. The third kappa shape index (κ3) is 3.34. The van der Waals surface area contributed by atoms with E-state index in [1.54, 1.807) is 18.3 Å². The zero-order valence-electron chi connectivity index (χ0n) is 14.3. The lowest BCUT2D eigenvalue weighted by Crippen LogP contribution is -2.00. The number of benzene rings is 2. The molecule has 4 aromatic rings. The molecule has 5 heteroatoms. The van der Waals surface area contributed by atoms with Crippen molar-refractivity contribution in [3.63, 3.8) is 0 Å². The van der Waals surface area contributed by atoms with Gasteiger partial charge < -0.3 is 0 Å². The van der Waals surface area contributed by atoms with Gasteiger partial charge in [-0.05, 0) is 30.2 Å². The number of rotatable bonds is 5. The van der Waals surface area contributed by atoms with E-state index in [0.717, 1.165) is 33.6 Å². The molecule has 0 spiro atoms. The van der Waals surface area contributed by atoms with E-state index < -0.39 is 0 Å². The molecule has 0 fully saturated rings. The first-order valence-corrected chi connectivity index (χ1v) is 9.26. The van der Waals surface area contributed by atoms with Crippen molar-refractivity contribution in [2.45, 2.75) is 13.5 Å². The van der Waals surface area contributed by atoms with Crippen molar-refractivity contribution in [1.29, 1.82) is 0 Å². The summed E-state index contributed by atoms with van der Waals surface area (Å²) < 4.78 is 1.89. The van der Waals surface area contributed by atoms with Crippen LogP contribution in [0, 0.1) is 0 Å². The van der Waals surface area contributed by atoms with Gasteiger partial charge in [0.1, 0.15) is 0 Å². The van der Waals surface area contributed by atoms with E-state index in [1.165, 1.54) is 0 Å². The molecule has 2 aromatic heterocycles. The second kappa shape index (κ2) is 7.06. The highest BCUT2D eigenvalue weighted by molar-refractivity contribution is 7.07. The van der Waals surface area contributed by atoms with Gasteiger partial charge >= 0.3 is 0 Å². The van der Waals surface area contributed by atoms with Crippen LogP contribution < -0.4 is 0 Å². The van der Waals surface area contributed by atoms with Gasteiger partial charge in [-0.1, -0.05) is 42.5 Å². The number of Topliss-reactive ketones (excluding diaryl/α,β-unsaturated/α-hetero) is 1. The van der Waals surface area contributed by atoms with Gasteiger partial charge in [-0.15, -0.1) is 11.3 Å². The van der Waals surface area contributed by atoms with Crippen LogP contribution in [0.25, 0.3) is 22.4 Å². The first kappa shape index (κ1) is 16.4. The van der Waals surface area contributed by atoms with Gasteiger partial charge in [-0.25, -0.2) is 4.98 Å². The van der Waals surface area contributed by atoms with Crippen molar-refractivity contribution < 1.29 is 4.79 Å². The maximum absolute atomic E-state index is 11.9. The highest BCUT2D eigenvalue weighted by atomic mass is 32.1. The Labute approximate surface area is 155 Å². The van der Waals surface area contributed by atoms with E-state index in [4.69, 9.17) is 0 Å². The monoisotopic (exact) mass is 359 g/mol. The number of ketones is 1. The van der Waals surface area contributed by atoms with E-state index in [2.05, 4.69) is 16.1 Å². The fraction of sp³-hybridized carbons (Fsp3) is 0.0952. The van der Waals surface area contributed by atoms with E-state index >= 15 is 0 Å². The van der Waals surface area contributed by atoms with Crippen molar-refractivity contribution >= 4 is 17.1 Å². The fourth-order valence-electron chi connectivity index (χ4n) is 2.97. The van der Waals surface area contributed by atoms with Crippen LogP contribution in [-0.2, 0) is 6.54 Å². The molecule has 0 saturated carbocycles. The number of carbonyl (C=O) groups is 1. The Morgan fingerprint density at radius 3 is 2.73 bits per heavy atom. The maximum atomic E-state index is 11.9. The van der Waals surface area contributed by atoms with Gasteiger partial charge in [0.2, 0.25) is 0 Å². The van der Waals surface area contributed by atoms with Crippen LogP contribution in [0.4, 0.5) is 0 Å². The van der Waals surface area contributed by atoms with E-state index in [0.29, 0.717) is 6.54 Å². The van der Waals surface area contributed by atoms with Gasteiger partial charge in [-0.2, -0.15) is 5.10 Å². The first-order valence-electron chi connectivity index (χ1n) is 8.32. The molecule has 0 saturated heterocycles. The van der Waals surface area contributed by atoms with Gasteiger partial charge in [0.25, 0.3) is 0 Å². The number of carbonyl (C=O) groups excluding carboxylic acids is 1. The average molecular weight is 359 g/mol. The second-order valence-electron chi connectivity index (χ2n) is 6.06. The molecule has 0 aliphatic carbocycles. The fourth-order valence-corrected chi connectivity index (χ4v) is 3.52. The van der Waals surface area contributed by atoms with Crippen LogP contribution in [0.2, 0.25) is 0 Å². The van der Waals surface area contributed by atoms with Gasteiger partial charge in [0.05, 0.1) is 23.4 Å². The van der Waals surface area contributed by atoms with Crippen molar-refractivity contribution in [3.8, 4) is 22.4 Å². The van der Waals surface area contributed by atoms with Crippen LogP contribution in [0.5, 0.6) is 0 Å². The summed E-state index contributed by atoms with van der Waals surface area (Å²) in [6.45, 7) is 2.26. The van der Waals surface area contributed by atoms with Crippen LogP contribution in [0.15, 0.2) is 71.7 Å². The van der Waals surface area contributed by atoms with Gasteiger partial charge in [0.15, 0.2) is 5.78 Å². The second-order valence-corrected chi connectivity index (χ2v) is 6.78. The van der Waals surface area contributed by atoms with Crippen molar-refractivity contribution in [1.82, 2.24) is 14.8 Å². The van der Waals surface area contributed by atoms with Crippen molar-refractivity contribution in [2.75, 3.05) is 0 Å².